The van der Waals surface area contributed by atoms with Crippen LogP contribution in [-0.4, -0.2) is 15.7 Å². The summed E-state index contributed by atoms with van der Waals surface area (Å²) in [6, 6.07) is 26.4. The van der Waals surface area contributed by atoms with Crippen molar-refractivity contribution in [2.24, 2.45) is 0 Å². The second kappa shape index (κ2) is 9.81. The lowest BCUT2D eigenvalue weighted by Gasteiger charge is -2.08. The van der Waals surface area contributed by atoms with E-state index in [1.165, 1.54) is 5.56 Å². The van der Waals surface area contributed by atoms with Crippen molar-refractivity contribution in [3.05, 3.63) is 94.5 Å². The van der Waals surface area contributed by atoms with Gasteiger partial charge in [-0.25, -0.2) is 0 Å². The van der Waals surface area contributed by atoms with E-state index < -0.39 is 0 Å². The molecule has 29 heavy (non-hydrogen) atoms. The van der Waals surface area contributed by atoms with Gasteiger partial charge < -0.3 is 13.9 Å². The Bertz CT molecular complexity index is 1120. The first-order valence-corrected chi connectivity index (χ1v) is 10.2. The number of aromatic nitrogens is 2. The van der Waals surface area contributed by atoms with E-state index in [0.717, 1.165) is 34.2 Å². The minimum Gasteiger partial charge on any atom is -0.494 e. The number of hydrogen-bond acceptors (Lipinski definition) is 2. The normalized spacial score (nSPS) is 10.7. The van der Waals surface area contributed by atoms with Gasteiger partial charge in [-0.15, -0.1) is 12.4 Å². The highest BCUT2D eigenvalue weighted by molar-refractivity contribution is 9.10. The van der Waals surface area contributed by atoms with Crippen LogP contribution < -0.4 is 10.4 Å². The summed E-state index contributed by atoms with van der Waals surface area (Å²) in [4.78, 5) is 0. The fourth-order valence-corrected chi connectivity index (χ4v) is 3.65. The first-order chi connectivity index (χ1) is 13.7. The molecule has 4 nitrogen and oxygen atoms in total. The predicted octanol–water partition coefficient (Wildman–Crippen LogP) is 5.62. The van der Waals surface area contributed by atoms with Gasteiger partial charge in [0.25, 0.3) is 0 Å². The van der Waals surface area contributed by atoms with Crippen molar-refractivity contribution in [3.63, 3.8) is 0 Å². The van der Waals surface area contributed by atoms with Gasteiger partial charge >= 0.3 is 0 Å². The Balaban J connectivity index is 0.00000240. The van der Waals surface area contributed by atoms with E-state index in [4.69, 9.17) is 10.1 Å². The molecule has 6 heteroatoms. The maximum Gasteiger partial charge on any atom is 0.203 e. The van der Waals surface area contributed by atoms with E-state index in [0.29, 0.717) is 18.8 Å². The highest BCUT2D eigenvalue weighted by atomic mass is 79.9. The molecule has 0 aliphatic heterocycles. The minimum absolute atomic E-state index is 0. The summed E-state index contributed by atoms with van der Waals surface area (Å²) in [6.45, 7) is 2.06. The molecule has 0 saturated carbocycles. The molecule has 0 saturated heterocycles. The monoisotopic (exact) mass is 471 g/mol. The van der Waals surface area contributed by atoms with Gasteiger partial charge in [-0.2, -0.15) is 0 Å². The molecule has 1 heterocycles. The number of benzene rings is 3. The quantitative estimate of drug-likeness (QED) is 0.348. The smallest absolute Gasteiger partial charge is 0.203 e. The zero-order valence-electron chi connectivity index (χ0n) is 15.9. The Morgan fingerprint density at radius 1 is 0.793 bits per heavy atom. The summed E-state index contributed by atoms with van der Waals surface area (Å²) in [6.07, 6.45) is 0.839. The number of halogens is 2. The second-order valence-corrected chi connectivity index (χ2v) is 7.61. The molecule has 4 rings (SSSR count). The Morgan fingerprint density at radius 2 is 1.41 bits per heavy atom. The molecule has 150 valence electrons. The van der Waals surface area contributed by atoms with Crippen LogP contribution >= 0.6 is 28.3 Å². The fraction of sp³-hybridized carbons (Fsp3) is 0.174. The van der Waals surface area contributed by atoms with E-state index in [1.807, 2.05) is 54.6 Å². The first kappa shape index (κ1) is 21.2. The molecule has 3 aromatic carbocycles. The van der Waals surface area contributed by atoms with Crippen LogP contribution in [0.4, 0.5) is 0 Å². The van der Waals surface area contributed by atoms with Gasteiger partial charge in [-0.1, -0.05) is 58.4 Å². The summed E-state index contributed by atoms with van der Waals surface area (Å²) in [5, 5.41) is 8.73. The molecule has 0 radical (unpaired) electrons. The number of fused-ring (bicyclic) bond motifs is 1. The predicted molar refractivity (Wildman–Crippen MR) is 123 cm³/mol. The Morgan fingerprint density at radius 3 is 2.10 bits per heavy atom. The highest BCUT2D eigenvalue weighted by Crippen LogP contribution is 2.17. The molecule has 0 atom stereocenters. The van der Waals surface area contributed by atoms with Gasteiger partial charge in [0.1, 0.15) is 5.75 Å². The fourth-order valence-electron chi connectivity index (χ4n) is 3.39. The van der Waals surface area contributed by atoms with Crippen LogP contribution in [-0.2, 0) is 13.1 Å². The third-order valence-electron chi connectivity index (χ3n) is 4.77. The van der Waals surface area contributed by atoms with E-state index in [2.05, 4.69) is 49.3 Å². The van der Waals surface area contributed by atoms with Crippen LogP contribution in [0, 0.1) is 5.41 Å². The van der Waals surface area contributed by atoms with Crippen LogP contribution in [0.2, 0.25) is 0 Å². The second-order valence-electron chi connectivity index (χ2n) is 6.69. The standard InChI is InChI=1S/C23H22BrN3O.ClH/c24-19-11-13-20(14-12-19)28-16-6-15-26-21-9-4-5-10-22(21)27(23(26)25)17-18-7-2-1-3-8-18;/h1-5,7-14,25H,6,15-17H2;1H. The molecule has 0 aliphatic carbocycles. The number of rotatable bonds is 7. The Hall–Kier alpha value is -2.50. The topological polar surface area (TPSA) is 42.9 Å². The lowest BCUT2D eigenvalue weighted by molar-refractivity contribution is 0.301. The number of hydrogen-bond donors (Lipinski definition) is 1. The third kappa shape index (κ3) is 4.92. The lowest BCUT2D eigenvalue weighted by atomic mass is 10.2. The van der Waals surface area contributed by atoms with Gasteiger partial charge in [0.05, 0.1) is 24.2 Å². The zero-order valence-corrected chi connectivity index (χ0v) is 18.3. The van der Waals surface area contributed by atoms with Crippen molar-refractivity contribution in [3.8, 4) is 5.75 Å². The summed E-state index contributed by atoms with van der Waals surface area (Å²) < 4.78 is 11.0. The van der Waals surface area contributed by atoms with Crippen LogP contribution in [0.1, 0.15) is 12.0 Å². The number of imidazole rings is 1. The van der Waals surface area contributed by atoms with Gasteiger partial charge in [0, 0.05) is 11.0 Å². The molecular weight excluding hydrogens is 450 g/mol. The summed E-state index contributed by atoms with van der Waals surface area (Å²) in [5.74, 6) is 0.866. The summed E-state index contributed by atoms with van der Waals surface area (Å²) in [7, 11) is 0. The molecule has 0 aliphatic rings. The van der Waals surface area contributed by atoms with Crippen LogP contribution in [0.15, 0.2) is 83.3 Å². The number of nitrogens with one attached hydrogen (secondary N) is 1. The SMILES string of the molecule is Cl.N=c1n(CCCOc2ccc(Br)cc2)c2ccccc2n1Cc1ccccc1. The van der Waals surface area contributed by atoms with Gasteiger partial charge in [0.15, 0.2) is 0 Å². The zero-order chi connectivity index (χ0) is 19.3. The molecule has 0 fully saturated rings. The Kier molecular flexibility index (Phi) is 7.18. The molecule has 0 bridgehead atoms. The van der Waals surface area contributed by atoms with Crippen molar-refractivity contribution in [2.75, 3.05) is 6.61 Å². The molecule has 0 unspecified atom stereocenters. The van der Waals surface area contributed by atoms with E-state index in [1.54, 1.807) is 0 Å². The number of para-hydroxylation sites is 2. The Labute approximate surface area is 184 Å². The lowest BCUT2D eigenvalue weighted by Crippen LogP contribution is -2.25. The average Bonchev–Trinajstić information content (AvgIpc) is 2.99. The van der Waals surface area contributed by atoms with Gasteiger partial charge in [-0.3, -0.25) is 5.41 Å². The summed E-state index contributed by atoms with van der Waals surface area (Å²) in [5.41, 5.74) is 3.90. The number of ether oxygens (including phenoxy) is 1. The van der Waals surface area contributed by atoms with Crippen LogP contribution in [0.25, 0.3) is 11.0 Å². The van der Waals surface area contributed by atoms with Crippen LogP contribution in [0.5, 0.6) is 5.75 Å². The molecule has 1 aromatic heterocycles. The average molecular weight is 473 g/mol. The number of nitrogens with zero attached hydrogens (tertiary/aromatic N) is 2. The minimum atomic E-state index is 0. The van der Waals surface area contributed by atoms with E-state index in [-0.39, 0.29) is 12.4 Å². The number of aryl methyl sites for hydroxylation is 1. The maximum atomic E-state index is 8.73. The highest BCUT2D eigenvalue weighted by Gasteiger charge is 2.10. The first-order valence-electron chi connectivity index (χ1n) is 9.37. The van der Waals surface area contributed by atoms with E-state index >= 15 is 0 Å². The molecule has 4 aromatic rings. The van der Waals surface area contributed by atoms with Crippen molar-refractivity contribution >= 4 is 39.4 Å². The summed E-state index contributed by atoms with van der Waals surface area (Å²) >= 11 is 3.43. The van der Waals surface area contributed by atoms with Crippen LogP contribution in [0.3, 0.4) is 0 Å². The van der Waals surface area contributed by atoms with Crippen molar-refractivity contribution in [2.45, 2.75) is 19.5 Å². The molecule has 0 spiro atoms. The third-order valence-corrected chi connectivity index (χ3v) is 5.30. The van der Waals surface area contributed by atoms with E-state index in [9.17, 15) is 0 Å². The van der Waals surface area contributed by atoms with Crippen molar-refractivity contribution < 1.29 is 4.74 Å². The maximum absolute atomic E-state index is 8.73. The molecular formula is C23H23BrClN3O. The largest absolute Gasteiger partial charge is 0.494 e. The molecule has 0 amide bonds. The van der Waals surface area contributed by atoms with Crippen molar-refractivity contribution in [1.82, 2.24) is 9.13 Å². The van der Waals surface area contributed by atoms with Gasteiger partial charge in [0.2, 0.25) is 5.62 Å². The molecule has 1 N–H and O–H groups in total. The van der Waals surface area contributed by atoms with Crippen molar-refractivity contribution in [1.29, 1.82) is 5.41 Å². The van der Waals surface area contributed by atoms with Gasteiger partial charge in [-0.05, 0) is 48.4 Å².